The molecule has 7 heteroatoms. The minimum Gasteiger partial charge on any atom is -0.507 e. The molecular formula is C36H52N4O3. The highest BCUT2D eigenvalue weighted by Gasteiger charge is 2.20. The maximum atomic E-state index is 10.9. The van der Waals surface area contributed by atoms with Crippen LogP contribution in [0.2, 0.25) is 0 Å². The van der Waals surface area contributed by atoms with Gasteiger partial charge in [0.1, 0.15) is 17.2 Å². The van der Waals surface area contributed by atoms with Crippen LogP contribution in [0.25, 0.3) is 0 Å². The topological polar surface area (TPSA) is 73.7 Å². The molecule has 0 spiro atoms. The number of phenols is 3. The molecule has 0 atom stereocenters. The molecule has 3 aromatic rings. The molecular weight excluding hydrogens is 536 g/mol. The second-order valence-electron chi connectivity index (χ2n) is 12.9. The molecule has 1 saturated heterocycles. The van der Waals surface area contributed by atoms with Crippen molar-refractivity contribution in [1.82, 2.24) is 19.6 Å². The van der Waals surface area contributed by atoms with Gasteiger partial charge >= 0.3 is 0 Å². The van der Waals surface area contributed by atoms with E-state index in [0.29, 0.717) is 36.9 Å². The molecule has 1 heterocycles. The van der Waals surface area contributed by atoms with Crippen LogP contribution in [0.5, 0.6) is 17.2 Å². The van der Waals surface area contributed by atoms with Crippen molar-refractivity contribution >= 4 is 0 Å². The van der Waals surface area contributed by atoms with Crippen LogP contribution in [0.3, 0.4) is 0 Å². The van der Waals surface area contributed by atoms with Gasteiger partial charge in [-0.2, -0.15) is 0 Å². The predicted octanol–water partition coefficient (Wildman–Crippen LogP) is 5.41. The lowest BCUT2D eigenvalue weighted by molar-refractivity contribution is 0.132. The van der Waals surface area contributed by atoms with Gasteiger partial charge in [-0.25, -0.2) is 0 Å². The molecule has 3 aromatic carbocycles. The maximum Gasteiger partial charge on any atom is 0.122 e. The molecule has 7 nitrogen and oxygen atoms in total. The van der Waals surface area contributed by atoms with Crippen LogP contribution >= 0.6 is 0 Å². The van der Waals surface area contributed by atoms with Crippen molar-refractivity contribution in [1.29, 1.82) is 0 Å². The van der Waals surface area contributed by atoms with Crippen LogP contribution in [0.1, 0.15) is 50.1 Å². The number of likely N-dealkylation sites (N-methyl/N-ethyl adjacent to an activating group) is 1. The molecule has 0 amide bonds. The fourth-order valence-corrected chi connectivity index (χ4v) is 6.34. The average Bonchev–Trinajstić information content (AvgIpc) is 2.93. The first kappa shape index (κ1) is 32.8. The Morgan fingerprint density at radius 1 is 0.442 bits per heavy atom. The van der Waals surface area contributed by atoms with Crippen molar-refractivity contribution in [3.8, 4) is 17.2 Å². The minimum absolute atomic E-state index is 0.382. The van der Waals surface area contributed by atoms with Crippen molar-refractivity contribution in [2.45, 2.75) is 61.2 Å². The number of benzene rings is 3. The van der Waals surface area contributed by atoms with Gasteiger partial charge in [0.25, 0.3) is 0 Å². The minimum atomic E-state index is 0.382. The van der Waals surface area contributed by atoms with Gasteiger partial charge in [0.05, 0.1) is 0 Å². The summed E-state index contributed by atoms with van der Waals surface area (Å²) in [5.41, 5.74) is 9.15. The summed E-state index contributed by atoms with van der Waals surface area (Å²) in [4.78, 5) is 9.73. The van der Waals surface area contributed by atoms with E-state index in [2.05, 4.69) is 65.6 Å². The molecule has 3 N–H and O–H groups in total. The van der Waals surface area contributed by atoms with Gasteiger partial charge in [-0.1, -0.05) is 53.1 Å². The van der Waals surface area contributed by atoms with Crippen molar-refractivity contribution in [3.05, 3.63) is 86.5 Å². The van der Waals surface area contributed by atoms with Gasteiger partial charge in [-0.15, -0.1) is 0 Å². The van der Waals surface area contributed by atoms with Gasteiger partial charge in [0.2, 0.25) is 0 Å². The highest BCUT2D eigenvalue weighted by atomic mass is 16.3. The quantitative estimate of drug-likeness (QED) is 0.356. The first-order valence-corrected chi connectivity index (χ1v) is 15.6. The fraction of sp³-hybridized carbons (Fsp3) is 0.500. The number of aryl methyl sites for hydroxylation is 6. The number of aromatic hydroxyl groups is 3. The Morgan fingerprint density at radius 2 is 0.698 bits per heavy atom. The van der Waals surface area contributed by atoms with E-state index in [1.165, 1.54) is 11.1 Å². The SMILES string of the molecule is Cc1cc(C)c(O)c(CN2CCN(C)CCN(Cc3cc(C)cc(C)c3O)CCN(Cc3cc(C)cc(C)c3O)CC2)c1. The van der Waals surface area contributed by atoms with Crippen molar-refractivity contribution < 1.29 is 15.3 Å². The fourth-order valence-electron chi connectivity index (χ4n) is 6.34. The summed E-state index contributed by atoms with van der Waals surface area (Å²) < 4.78 is 0. The first-order valence-electron chi connectivity index (χ1n) is 15.6. The van der Waals surface area contributed by atoms with E-state index < -0.39 is 0 Å². The zero-order valence-corrected chi connectivity index (χ0v) is 27.4. The van der Waals surface area contributed by atoms with Crippen LogP contribution in [0.15, 0.2) is 36.4 Å². The lowest BCUT2D eigenvalue weighted by Gasteiger charge is -2.34. The van der Waals surface area contributed by atoms with E-state index in [9.17, 15) is 15.3 Å². The normalized spacial score (nSPS) is 17.1. The van der Waals surface area contributed by atoms with E-state index in [0.717, 1.165) is 91.3 Å². The van der Waals surface area contributed by atoms with E-state index >= 15 is 0 Å². The lowest BCUT2D eigenvalue weighted by Crippen LogP contribution is -2.44. The number of rotatable bonds is 6. The average molecular weight is 589 g/mol. The summed E-state index contributed by atoms with van der Waals surface area (Å²) in [6.45, 7) is 21.2. The third kappa shape index (κ3) is 8.96. The second kappa shape index (κ2) is 14.6. The van der Waals surface area contributed by atoms with E-state index in [1.807, 2.05) is 39.0 Å². The van der Waals surface area contributed by atoms with Crippen molar-refractivity contribution in [3.63, 3.8) is 0 Å². The predicted molar refractivity (Wildman–Crippen MR) is 176 cm³/mol. The molecule has 4 rings (SSSR count). The Morgan fingerprint density at radius 3 is 0.977 bits per heavy atom. The zero-order chi connectivity index (χ0) is 31.3. The Labute approximate surface area is 259 Å². The molecule has 0 aromatic heterocycles. The second-order valence-corrected chi connectivity index (χ2v) is 12.9. The standard InChI is InChI=1S/C36H52N4O3/c1-25-16-28(4)34(41)31(19-25)22-38-10-8-37(7)9-11-39(23-32-20-26(2)17-29(5)35(32)42)13-15-40(14-12-38)24-33-21-27(3)18-30(6)36(33)43/h16-21,41-43H,8-15,22-24H2,1-7H3. The van der Waals surface area contributed by atoms with Gasteiger partial charge in [0.15, 0.2) is 0 Å². The van der Waals surface area contributed by atoms with E-state index in [1.54, 1.807) is 0 Å². The molecule has 1 fully saturated rings. The summed E-state index contributed by atoms with van der Waals surface area (Å²) in [6.07, 6.45) is 0. The monoisotopic (exact) mass is 588 g/mol. The molecule has 1 aliphatic rings. The van der Waals surface area contributed by atoms with Crippen molar-refractivity contribution in [2.75, 3.05) is 59.4 Å². The molecule has 0 unspecified atom stereocenters. The highest BCUT2D eigenvalue weighted by Crippen LogP contribution is 2.28. The molecule has 1 aliphatic heterocycles. The Kier molecular flexibility index (Phi) is 11.1. The lowest BCUT2D eigenvalue weighted by atomic mass is 10.0. The van der Waals surface area contributed by atoms with Gasteiger partial charge < -0.3 is 20.2 Å². The molecule has 0 bridgehead atoms. The summed E-state index contributed by atoms with van der Waals surface area (Å²) in [5, 5.41) is 32.6. The van der Waals surface area contributed by atoms with E-state index in [4.69, 9.17) is 0 Å². The molecule has 0 radical (unpaired) electrons. The molecule has 0 saturated carbocycles. The van der Waals surface area contributed by atoms with Gasteiger partial charge in [-0.3, -0.25) is 14.7 Å². The number of hydrogen-bond donors (Lipinski definition) is 3. The smallest absolute Gasteiger partial charge is 0.122 e. The maximum absolute atomic E-state index is 10.9. The van der Waals surface area contributed by atoms with Crippen molar-refractivity contribution in [2.24, 2.45) is 0 Å². The Bertz CT molecular complexity index is 1330. The van der Waals surface area contributed by atoms with Crippen LogP contribution in [-0.2, 0) is 19.6 Å². The molecule has 234 valence electrons. The zero-order valence-electron chi connectivity index (χ0n) is 27.4. The highest BCUT2D eigenvalue weighted by molar-refractivity contribution is 5.44. The number of nitrogens with zero attached hydrogens (tertiary/aromatic N) is 4. The number of hydrogen-bond acceptors (Lipinski definition) is 7. The third-order valence-corrected chi connectivity index (χ3v) is 8.81. The molecule has 0 aliphatic carbocycles. The van der Waals surface area contributed by atoms with Gasteiger partial charge in [-0.05, 0) is 65.3 Å². The van der Waals surface area contributed by atoms with Gasteiger partial charge in [0, 0.05) is 88.7 Å². The summed E-state index contributed by atoms with van der Waals surface area (Å²) >= 11 is 0. The van der Waals surface area contributed by atoms with Crippen LogP contribution in [-0.4, -0.2) is 94.3 Å². The number of phenolic OH excluding ortho intramolecular Hbond substituents is 3. The Balaban J connectivity index is 1.58. The largest absolute Gasteiger partial charge is 0.507 e. The third-order valence-electron chi connectivity index (χ3n) is 8.81. The molecule has 43 heavy (non-hydrogen) atoms. The summed E-state index contributed by atoms with van der Waals surface area (Å²) in [7, 11) is 2.18. The summed E-state index contributed by atoms with van der Waals surface area (Å²) in [6, 6.07) is 12.4. The van der Waals surface area contributed by atoms with Crippen LogP contribution in [0.4, 0.5) is 0 Å². The van der Waals surface area contributed by atoms with E-state index in [-0.39, 0.29) is 0 Å². The van der Waals surface area contributed by atoms with Crippen LogP contribution in [0, 0.1) is 41.5 Å². The Hall–Kier alpha value is -3.10. The first-order chi connectivity index (χ1) is 20.4. The summed E-state index contributed by atoms with van der Waals surface area (Å²) in [5.74, 6) is 1.17. The van der Waals surface area contributed by atoms with Crippen LogP contribution < -0.4 is 0 Å².